The molecule has 0 aromatic carbocycles. The van der Waals surface area contributed by atoms with Crippen LogP contribution in [0.15, 0.2) is 23.1 Å². The number of pyridine rings is 1. The Morgan fingerprint density at radius 2 is 2.21 bits per heavy atom. The summed E-state index contributed by atoms with van der Waals surface area (Å²) >= 11 is 3.37. The van der Waals surface area contributed by atoms with Crippen LogP contribution >= 0.6 is 15.9 Å². The Morgan fingerprint density at radius 1 is 1.37 bits per heavy atom. The molecule has 0 radical (unpaired) electrons. The second-order valence-electron chi connectivity index (χ2n) is 4.20. The van der Waals surface area contributed by atoms with Gasteiger partial charge in [0, 0.05) is 30.7 Å². The van der Waals surface area contributed by atoms with Crippen molar-refractivity contribution in [3.8, 4) is 0 Å². The highest BCUT2D eigenvalue weighted by atomic mass is 79.9. The highest BCUT2D eigenvalue weighted by Gasteiger charge is 2.10. The average molecular weight is 322 g/mol. The van der Waals surface area contributed by atoms with Crippen molar-refractivity contribution < 1.29 is 0 Å². The summed E-state index contributed by atoms with van der Waals surface area (Å²) in [5.41, 5.74) is 7.48. The number of hydrogen-bond donors (Lipinski definition) is 1. The molecule has 19 heavy (non-hydrogen) atoms. The van der Waals surface area contributed by atoms with Crippen molar-refractivity contribution in [2.24, 2.45) is 7.05 Å². The normalized spacial score (nSPS) is 11.3. The number of anilines is 1. The van der Waals surface area contributed by atoms with Gasteiger partial charge in [-0.15, -0.1) is 0 Å². The molecule has 7 nitrogen and oxygen atoms in total. The molecule has 0 amide bonds. The predicted molar refractivity (Wildman–Crippen MR) is 74.3 cm³/mol. The van der Waals surface area contributed by atoms with E-state index < -0.39 is 0 Å². The highest BCUT2D eigenvalue weighted by Crippen LogP contribution is 2.19. The van der Waals surface area contributed by atoms with E-state index in [9.17, 15) is 0 Å². The molecule has 3 heterocycles. The molecule has 8 heteroatoms. The number of nitrogens with zero attached hydrogens (tertiary/aromatic N) is 6. The number of aryl methyl sites for hydroxylation is 3. The summed E-state index contributed by atoms with van der Waals surface area (Å²) in [4.78, 5) is 12.8. The molecule has 3 aromatic rings. The van der Waals surface area contributed by atoms with E-state index in [0.717, 1.165) is 21.5 Å². The van der Waals surface area contributed by atoms with E-state index in [-0.39, 0.29) is 0 Å². The second-order valence-corrected chi connectivity index (χ2v) is 5.12. The lowest BCUT2D eigenvalue weighted by atomic mass is 10.4. The lowest BCUT2D eigenvalue weighted by Crippen LogP contribution is -2.07. The van der Waals surface area contributed by atoms with Gasteiger partial charge in [0.05, 0.1) is 0 Å². The van der Waals surface area contributed by atoms with Gasteiger partial charge in [-0.1, -0.05) is 0 Å². The van der Waals surface area contributed by atoms with Crippen molar-refractivity contribution in [1.29, 1.82) is 0 Å². The summed E-state index contributed by atoms with van der Waals surface area (Å²) in [6, 6.07) is 1.90. The Morgan fingerprint density at radius 3 is 2.95 bits per heavy atom. The highest BCUT2D eigenvalue weighted by molar-refractivity contribution is 9.10. The van der Waals surface area contributed by atoms with E-state index in [2.05, 4.69) is 36.0 Å². The zero-order valence-corrected chi connectivity index (χ0v) is 11.9. The summed E-state index contributed by atoms with van der Waals surface area (Å²) in [5, 5.41) is 4.24. The molecule has 0 aliphatic heterocycles. The predicted octanol–water partition coefficient (Wildman–Crippen LogP) is 1.15. The minimum absolute atomic E-state index is 0.455. The van der Waals surface area contributed by atoms with Gasteiger partial charge in [-0.2, -0.15) is 5.10 Å². The zero-order chi connectivity index (χ0) is 13.4. The second kappa shape index (κ2) is 4.61. The van der Waals surface area contributed by atoms with Gasteiger partial charge >= 0.3 is 0 Å². The maximum absolute atomic E-state index is 5.92. The third kappa shape index (κ3) is 2.30. The first kappa shape index (κ1) is 12.1. The van der Waals surface area contributed by atoms with Gasteiger partial charge in [-0.25, -0.2) is 15.0 Å². The van der Waals surface area contributed by atoms with Crippen molar-refractivity contribution >= 4 is 33.0 Å². The van der Waals surface area contributed by atoms with Gasteiger partial charge in [-0.3, -0.25) is 9.25 Å². The van der Waals surface area contributed by atoms with Crippen molar-refractivity contribution in [1.82, 2.24) is 29.3 Å². The van der Waals surface area contributed by atoms with Gasteiger partial charge in [0.2, 0.25) is 5.95 Å². The molecule has 0 fully saturated rings. The maximum Gasteiger partial charge on any atom is 0.202 e. The molecule has 3 rings (SSSR count). The number of imidazole rings is 1. The van der Waals surface area contributed by atoms with Crippen molar-refractivity contribution in [3.63, 3.8) is 0 Å². The first-order valence-electron chi connectivity index (χ1n) is 5.75. The van der Waals surface area contributed by atoms with Gasteiger partial charge in [0.25, 0.3) is 0 Å². The fourth-order valence-electron chi connectivity index (χ4n) is 1.93. The number of hydrogen-bond acceptors (Lipinski definition) is 5. The zero-order valence-electron chi connectivity index (χ0n) is 10.3. The van der Waals surface area contributed by atoms with Gasteiger partial charge in [0.15, 0.2) is 11.5 Å². The smallest absolute Gasteiger partial charge is 0.202 e. The van der Waals surface area contributed by atoms with Crippen LogP contribution in [0.1, 0.15) is 5.82 Å². The molecular formula is C11H12BrN7. The Labute approximate surface area is 117 Å². The van der Waals surface area contributed by atoms with Crippen LogP contribution in [-0.2, 0) is 20.0 Å². The van der Waals surface area contributed by atoms with Crippen LogP contribution < -0.4 is 5.73 Å². The number of nitrogens with two attached hydrogens (primary N) is 1. The van der Waals surface area contributed by atoms with Crippen molar-refractivity contribution in [3.05, 3.63) is 28.9 Å². The minimum Gasteiger partial charge on any atom is -0.369 e. The number of nitrogen functional groups attached to an aromatic ring is 1. The fraction of sp³-hybridized carbons (Fsp3) is 0.273. The quantitative estimate of drug-likeness (QED) is 0.781. The Balaban J connectivity index is 1.90. The van der Waals surface area contributed by atoms with E-state index in [4.69, 9.17) is 5.73 Å². The van der Waals surface area contributed by atoms with Gasteiger partial charge in [-0.05, 0) is 22.0 Å². The van der Waals surface area contributed by atoms with Crippen LogP contribution in [-0.4, -0.2) is 29.3 Å². The molecule has 2 N–H and O–H groups in total. The van der Waals surface area contributed by atoms with Crippen LogP contribution in [0.25, 0.3) is 11.2 Å². The molecule has 0 atom stereocenters. The molecule has 0 aliphatic carbocycles. The first-order valence-corrected chi connectivity index (χ1v) is 6.54. The summed E-state index contributed by atoms with van der Waals surface area (Å²) in [6.45, 7) is 0.654. The fourth-order valence-corrected chi connectivity index (χ4v) is 2.25. The van der Waals surface area contributed by atoms with Crippen LogP contribution in [0.2, 0.25) is 0 Å². The van der Waals surface area contributed by atoms with E-state index >= 15 is 0 Å². The molecule has 0 saturated carbocycles. The SMILES string of the molecule is Cn1cnc(CCn2c(N)nc3cc(Br)cnc32)n1. The van der Waals surface area contributed by atoms with E-state index in [1.807, 2.05) is 17.7 Å². The molecule has 0 unspecified atom stereocenters. The van der Waals surface area contributed by atoms with Gasteiger partial charge < -0.3 is 5.73 Å². The van der Waals surface area contributed by atoms with Crippen molar-refractivity contribution in [2.45, 2.75) is 13.0 Å². The van der Waals surface area contributed by atoms with Crippen LogP contribution in [0.4, 0.5) is 5.95 Å². The van der Waals surface area contributed by atoms with E-state index in [1.54, 1.807) is 17.2 Å². The monoisotopic (exact) mass is 321 g/mol. The van der Waals surface area contributed by atoms with Gasteiger partial charge in [0.1, 0.15) is 11.8 Å². The van der Waals surface area contributed by atoms with Crippen LogP contribution in [0.3, 0.4) is 0 Å². The Hall–Kier alpha value is -1.96. The molecule has 0 saturated heterocycles. The lowest BCUT2D eigenvalue weighted by molar-refractivity contribution is 0.674. The number of halogens is 1. The Kier molecular flexibility index (Phi) is 2.94. The first-order chi connectivity index (χ1) is 9.13. The summed E-state index contributed by atoms with van der Waals surface area (Å²) < 4.78 is 4.44. The third-order valence-electron chi connectivity index (χ3n) is 2.79. The molecule has 0 aliphatic rings. The number of rotatable bonds is 3. The molecular weight excluding hydrogens is 310 g/mol. The molecule has 98 valence electrons. The van der Waals surface area contributed by atoms with Crippen LogP contribution in [0.5, 0.6) is 0 Å². The minimum atomic E-state index is 0.455. The molecule has 3 aromatic heterocycles. The number of aromatic nitrogens is 6. The van der Waals surface area contributed by atoms with Crippen LogP contribution in [0, 0.1) is 0 Å². The summed E-state index contributed by atoms with van der Waals surface area (Å²) in [7, 11) is 1.84. The number of fused-ring (bicyclic) bond motifs is 1. The standard InChI is InChI=1S/C11H12BrN7/c1-18-6-15-9(17-18)2-3-19-10-8(16-11(19)13)4-7(12)5-14-10/h4-6H,2-3H2,1H3,(H2,13,16). The summed E-state index contributed by atoms with van der Waals surface area (Å²) in [5.74, 6) is 1.23. The third-order valence-corrected chi connectivity index (χ3v) is 3.22. The van der Waals surface area contributed by atoms with Crippen molar-refractivity contribution in [2.75, 3.05) is 5.73 Å². The Bertz CT molecular complexity index is 730. The molecule has 0 spiro atoms. The maximum atomic E-state index is 5.92. The largest absolute Gasteiger partial charge is 0.369 e. The van der Waals surface area contributed by atoms with E-state index in [1.165, 1.54) is 0 Å². The lowest BCUT2D eigenvalue weighted by Gasteiger charge is -2.03. The topological polar surface area (TPSA) is 87.4 Å². The average Bonchev–Trinajstić information content (AvgIpc) is 2.89. The molecule has 0 bridgehead atoms. The van der Waals surface area contributed by atoms with E-state index in [0.29, 0.717) is 18.9 Å². The summed E-state index contributed by atoms with van der Waals surface area (Å²) in [6.07, 6.45) is 4.10.